The summed E-state index contributed by atoms with van der Waals surface area (Å²) in [4.78, 5) is 0. The number of nitrogens with two attached hydrogens (primary N) is 1. The van der Waals surface area contributed by atoms with Gasteiger partial charge in [-0.2, -0.15) is 0 Å². The van der Waals surface area contributed by atoms with E-state index in [2.05, 4.69) is 10.5 Å². The molecular weight excluding hydrogens is 206 g/mol. The number of hydrogen-bond donors (Lipinski definition) is 4. The Balaban J connectivity index is 2.99. The molecular formula is C11H25N3O2. The lowest BCUT2D eigenvalue weighted by Gasteiger charge is -2.04. The van der Waals surface area contributed by atoms with Crippen molar-refractivity contribution in [1.82, 2.24) is 5.32 Å². The van der Waals surface area contributed by atoms with E-state index in [-0.39, 0.29) is 0 Å². The predicted octanol–water partition coefficient (Wildman–Crippen LogP) is 1.05. The van der Waals surface area contributed by atoms with Crippen LogP contribution >= 0.6 is 0 Å². The number of aliphatic hydroxyl groups excluding tert-OH is 1. The molecule has 0 radical (unpaired) electrons. The van der Waals surface area contributed by atoms with E-state index in [0.717, 1.165) is 38.8 Å². The van der Waals surface area contributed by atoms with Gasteiger partial charge in [0.1, 0.15) is 5.84 Å². The molecule has 0 fully saturated rings. The van der Waals surface area contributed by atoms with Gasteiger partial charge >= 0.3 is 0 Å². The van der Waals surface area contributed by atoms with Crippen molar-refractivity contribution >= 4 is 5.84 Å². The molecule has 0 spiro atoms. The van der Waals surface area contributed by atoms with Crippen molar-refractivity contribution in [2.24, 2.45) is 10.9 Å². The average molecular weight is 231 g/mol. The minimum absolute atomic E-state index is 0.307. The molecule has 0 unspecified atom stereocenters. The lowest BCUT2D eigenvalue weighted by atomic mass is 10.2. The number of oxime groups is 1. The van der Waals surface area contributed by atoms with E-state index in [0.29, 0.717) is 18.9 Å². The van der Waals surface area contributed by atoms with Crippen molar-refractivity contribution in [3.63, 3.8) is 0 Å². The molecule has 96 valence electrons. The zero-order valence-corrected chi connectivity index (χ0v) is 9.99. The molecule has 0 saturated carbocycles. The first-order valence-electron chi connectivity index (χ1n) is 6.09. The maximum atomic E-state index is 8.58. The predicted molar refractivity (Wildman–Crippen MR) is 65.7 cm³/mol. The van der Waals surface area contributed by atoms with Crippen LogP contribution in [0.15, 0.2) is 5.16 Å². The summed E-state index contributed by atoms with van der Waals surface area (Å²) < 4.78 is 0. The summed E-state index contributed by atoms with van der Waals surface area (Å²) in [6.07, 6.45) is 7.04. The summed E-state index contributed by atoms with van der Waals surface area (Å²) in [7, 11) is 0. The molecule has 0 aliphatic rings. The maximum Gasteiger partial charge on any atom is 0.139 e. The monoisotopic (exact) mass is 231 g/mol. The van der Waals surface area contributed by atoms with Gasteiger partial charge < -0.3 is 21.4 Å². The molecule has 0 aliphatic carbocycles. The van der Waals surface area contributed by atoms with Crippen LogP contribution in [0.5, 0.6) is 0 Å². The van der Waals surface area contributed by atoms with Gasteiger partial charge in [-0.05, 0) is 38.8 Å². The molecule has 5 N–H and O–H groups in total. The Bertz CT molecular complexity index is 175. The molecule has 0 aromatic carbocycles. The molecule has 0 heterocycles. The molecule has 0 bridgehead atoms. The van der Waals surface area contributed by atoms with Crippen LogP contribution in [0.3, 0.4) is 0 Å². The number of nitrogens with one attached hydrogen (secondary N) is 1. The summed E-state index contributed by atoms with van der Waals surface area (Å²) in [5.74, 6) is 0.309. The standard InChI is InChI=1S/C11H25N3O2/c12-11(14-16)7-3-5-9-13-8-4-1-2-6-10-15/h13,15-16H,1-10H2,(H2,12,14). The lowest BCUT2D eigenvalue weighted by Crippen LogP contribution is -2.17. The van der Waals surface area contributed by atoms with Gasteiger partial charge in [-0.3, -0.25) is 0 Å². The van der Waals surface area contributed by atoms with E-state index in [1.165, 1.54) is 12.8 Å². The van der Waals surface area contributed by atoms with Crippen molar-refractivity contribution in [1.29, 1.82) is 0 Å². The zero-order valence-electron chi connectivity index (χ0n) is 9.99. The summed E-state index contributed by atoms with van der Waals surface area (Å²) in [6, 6.07) is 0. The smallest absolute Gasteiger partial charge is 0.139 e. The Morgan fingerprint density at radius 2 is 1.62 bits per heavy atom. The fraction of sp³-hybridized carbons (Fsp3) is 0.909. The number of amidine groups is 1. The maximum absolute atomic E-state index is 8.58. The first-order chi connectivity index (χ1) is 7.81. The number of unbranched alkanes of at least 4 members (excludes halogenated alkanes) is 4. The first kappa shape index (κ1) is 15.2. The van der Waals surface area contributed by atoms with Crippen LogP contribution in [0.25, 0.3) is 0 Å². The van der Waals surface area contributed by atoms with Gasteiger partial charge in [-0.15, -0.1) is 0 Å². The van der Waals surface area contributed by atoms with Gasteiger partial charge in [0.15, 0.2) is 0 Å². The van der Waals surface area contributed by atoms with E-state index in [4.69, 9.17) is 16.0 Å². The molecule has 0 amide bonds. The van der Waals surface area contributed by atoms with Crippen LogP contribution in [-0.2, 0) is 0 Å². The van der Waals surface area contributed by atoms with Crippen molar-refractivity contribution in [2.45, 2.75) is 44.9 Å². The van der Waals surface area contributed by atoms with Gasteiger partial charge in [0.2, 0.25) is 0 Å². The van der Waals surface area contributed by atoms with Crippen molar-refractivity contribution in [2.75, 3.05) is 19.7 Å². The molecule has 0 aliphatic heterocycles. The van der Waals surface area contributed by atoms with Crippen LogP contribution in [-0.4, -0.2) is 35.8 Å². The normalized spacial score (nSPS) is 11.9. The second-order valence-corrected chi connectivity index (χ2v) is 3.94. The Morgan fingerprint density at radius 1 is 1.00 bits per heavy atom. The highest BCUT2D eigenvalue weighted by atomic mass is 16.4. The second-order valence-electron chi connectivity index (χ2n) is 3.94. The van der Waals surface area contributed by atoms with Crippen LogP contribution in [0, 0.1) is 0 Å². The van der Waals surface area contributed by atoms with Crippen molar-refractivity contribution < 1.29 is 10.3 Å². The third-order valence-electron chi connectivity index (χ3n) is 2.43. The van der Waals surface area contributed by atoms with E-state index in [1.54, 1.807) is 0 Å². The second kappa shape index (κ2) is 12.3. The summed E-state index contributed by atoms with van der Waals surface area (Å²) in [5, 5.41) is 23.2. The highest BCUT2D eigenvalue weighted by molar-refractivity contribution is 5.79. The highest BCUT2D eigenvalue weighted by Gasteiger charge is 1.94. The average Bonchev–Trinajstić information content (AvgIpc) is 2.31. The van der Waals surface area contributed by atoms with Gasteiger partial charge in [0.25, 0.3) is 0 Å². The van der Waals surface area contributed by atoms with Crippen LogP contribution in [0.4, 0.5) is 0 Å². The molecule has 5 nitrogen and oxygen atoms in total. The molecule has 0 saturated heterocycles. The minimum Gasteiger partial charge on any atom is -0.409 e. The molecule has 16 heavy (non-hydrogen) atoms. The number of aliphatic hydroxyl groups is 1. The third kappa shape index (κ3) is 11.3. The van der Waals surface area contributed by atoms with Gasteiger partial charge in [-0.25, -0.2) is 0 Å². The van der Waals surface area contributed by atoms with E-state index >= 15 is 0 Å². The fourth-order valence-corrected chi connectivity index (χ4v) is 1.45. The Hall–Kier alpha value is -0.810. The minimum atomic E-state index is 0.307. The first-order valence-corrected chi connectivity index (χ1v) is 6.09. The van der Waals surface area contributed by atoms with Gasteiger partial charge in [0, 0.05) is 13.0 Å². The quantitative estimate of drug-likeness (QED) is 0.141. The summed E-state index contributed by atoms with van der Waals surface area (Å²) in [5.41, 5.74) is 5.34. The summed E-state index contributed by atoms with van der Waals surface area (Å²) >= 11 is 0. The molecule has 0 rings (SSSR count). The number of nitrogens with zero attached hydrogens (tertiary/aromatic N) is 1. The van der Waals surface area contributed by atoms with E-state index in [9.17, 15) is 0 Å². The SMILES string of the molecule is NC(CCCCNCCCCCCO)=NO. The highest BCUT2D eigenvalue weighted by Crippen LogP contribution is 1.98. The van der Waals surface area contributed by atoms with Crippen molar-refractivity contribution in [3.8, 4) is 0 Å². The fourth-order valence-electron chi connectivity index (χ4n) is 1.45. The molecule has 0 atom stereocenters. The lowest BCUT2D eigenvalue weighted by molar-refractivity contribution is 0.282. The van der Waals surface area contributed by atoms with Gasteiger partial charge in [-0.1, -0.05) is 18.0 Å². The summed E-state index contributed by atoms with van der Waals surface area (Å²) in [6.45, 7) is 2.33. The number of hydrogen-bond acceptors (Lipinski definition) is 4. The van der Waals surface area contributed by atoms with Gasteiger partial charge in [0.05, 0.1) is 0 Å². The Morgan fingerprint density at radius 3 is 2.25 bits per heavy atom. The van der Waals surface area contributed by atoms with E-state index in [1.807, 2.05) is 0 Å². The zero-order chi connectivity index (χ0) is 12.1. The third-order valence-corrected chi connectivity index (χ3v) is 2.43. The Kier molecular flexibility index (Phi) is 11.6. The van der Waals surface area contributed by atoms with Crippen molar-refractivity contribution in [3.05, 3.63) is 0 Å². The number of rotatable bonds is 11. The van der Waals surface area contributed by atoms with Crippen LogP contribution in [0.2, 0.25) is 0 Å². The van der Waals surface area contributed by atoms with Crippen LogP contribution < -0.4 is 11.1 Å². The molecule has 0 aromatic heterocycles. The van der Waals surface area contributed by atoms with E-state index < -0.39 is 0 Å². The van der Waals surface area contributed by atoms with Crippen LogP contribution in [0.1, 0.15) is 44.9 Å². The topological polar surface area (TPSA) is 90.9 Å². The molecule has 5 heteroatoms. The molecule has 0 aromatic rings. The largest absolute Gasteiger partial charge is 0.409 e. The Labute approximate surface area is 97.7 Å².